The Morgan fingerprint density at radius 1 is 1.04 bits per heavy atom. The number of allylic oxidation sites excluding steroid dienone is 4. The smallest absolute Gasteiger partial charge is 0.272 e. The predicted octanol–water partition coefficient (Wildman–Crippen LogP) is 9.01. The molecule has 0 radical (unpaired) electrons. The molecule has 1 aliphatic heterocycles. The molecule has 248 valence electrons. The number of halogens is 4. The number of nitrogens with zero attached hydrogens (tertiary/aromatic N) is 2. The van der Waals surface area contributed by atoms with Crippen molar-refractivity contribution in [2.45, 2.75) is 65.9 Å². The van der Waals surface area contributed by atoms with E-state index in [1.165, 1.54) is 24.3 Å². The first kappa shape index (κ1) is 36.4. The Hall–Kier alpha value is -5.04. The van der Waals surface area contributed by atoms with Gasteiger partial charge in [-0.1, -0.05) is 62.4 Å². The van der Waals surface area contributed by atoms with Crippen LogP contribution in [0.5, 0.6) is 0 Å². The minimum Gasteiger partial charge on any atom is -0.382 e. The van der Waals surface area contributed by atoms with Gasteiger partial charge >= 0.3 is 0 Å². The van der Waals surface area contributed by atoms with Crippen LogP contribution >= 0.6 is 0 Å². The average Bonchev–Trinajstić information content (AvgIpc) is 3.45. The molecular weight excluding hydrogens is 604 g/mol. The zero-order chi connectivity index (χ0) is 34.6. The molecule has 0 saturated carbocycles. The van der Waals surface area contributed by atoms with Gasteiger partial charge in [-0.25, -0.2) is 22.5 Å². The van der Waals surface area contributed by atoms with Crippen molar-refractivity contribution >= 4 is 28.6 Å². The first-order valence-corrected chi connectivity index (χ1v) is 15.3. The highest BCUT2D eigenvalue weighted by atomic mass is 19.3. The maximum atomic E-state index is 14.3. The minimum atomic E-state index is -3.12. The number of amidine groups is 1. The fourth-order valence-corrected chi connectivity index (χ4v) is 4.53. The van der Waals surface area contributed by atoms with E-state index >= 15 is 0 Å². The molecule has 2 aromatic carbocycles. The molecule has 4 rings (SSSR count). The lowest BCUT2D eigenvalue weighted by atomic mass is 10.0. The number of hydrogen-bond acceptors (Lipinski definition) is 6. The maximum Gasteiger partial charge on any atom is 0.272 e. The molecule has 0 bridgehead atoms. The van der Waals surface area contributed by atoms with Gasteiger partial charge in [0.2, 0.25) is 0 Å². The molecule has 10 heteroatoms. The van der Waals surface area contributed by atoms with E-state index in [1.54, 1.807) is 6.07 Å². The molecule has 3 aromatic rings. The molecule has 0 aliphatic carbocycles. The summed E-state index contributed by atoms with van der Waals surface area (Å²) in [6.45, 7) is 8.38. The predicted molar refractivity (Wildman–Crippen MR) is 186 cm³/mol. The number of rotatable bonds is 11. The van der Waals surface area contributed by atoms with Crippen LogP contribution < -0.4 is 21.8 Å². The Morgan fingerprint density at radius 3 is 2.28 bits per heavy atom. The van der Waals surface area contributed by atoms with Crippen LogP contribution in [0.15, 0.2) is 89.7 Å². The zero-order valence-electron chi connectivity index (χ0n) is 27.4. The average molecular weight is 647 g/mol. The highest BCUT2D eigenvalue weighted by molar-refractivity contribution is 6.01. The fourth-order valence-electron chi connectivity index (χ4n) is 4.53. The number of hydrogen-bond donors (Lipinski definition) is 4. The van der Waals surface area contributed by atoms with Gasteiger partial charge in [0.1, 0.15) is 11.7 Å². The Kier molecular flexibility index (Phi) is 12.8. The van der Waals surface area contributed by atoms with Gasteiger partial charge in [-0.2, -0.15) is 5.10 Å². The van der Waals surface area contributed by atoms with E-state index in [0.29, 0.717) is 48.1 Å². The Balaban J connectivity index is 0.00000142. The monoisotopic (exact) mass is 646 g/mol. The molecule has 2 heterocycles. The standard InChI is InChI=1S/C33H36F4N6.C4H6/c1-5-8-29(42-27-10-7-9-25(16-27)32(3,34)35)28-17-26(33(4,36)37)20-40-31(28)39-18-21-11-13-23(14-12-21)22(6-2)15-24-19-41-43-30(24)38;1-3-4-2/h6-17,20,41-42H,5,18-19H2,1-4H3,(H2,38,43)(H,39,40);1H,4H2,2H3/b22-6+,24-15+,29-8+;. The number of pyridine rings is 1. The first-order chi connectivity index (χ1) is 22.3. The van der Waals surface area contributed by atoms with E-state index in [9.17, 15) is 17.6 Å². The van der Waals surface area contributed by atoms with E-state index in [4.69, 9.17) is 12.2 Å². The van der Waals surface area contributed by atoms with Crippen LogP contribution in [0.25, 0.3) is 11.3 Å². The van der Waals surface area contributed by atoms with Crippen molar-refractivity contribution in [3.05, 3.63) is 112 Å². The van der Waals surface area contributed by atoms with Crippen LogP contribution in [0, 0.1) is 12.3 Å². The van der Waals surface area contributed by atoms with Gasteiger partial charge < -0.3 is 21.8 Å². The molecule has 47 heavy (non-hydrogen) atoms. The maximum absolute atomic E-state index is 14.3. The zero-order valence-corrected chi connectivity index (χ0v) is 27.4. The van der Waals surface area contributed by atoms with Crippen LogP contribution in [-0.2, 0) is 18.4 Å². The van der Waals surface area contributed by atoms with Gasteiger partial charge in [0.05, 0.1) is 6.54 Å². The summed E-state index contributed by atoms with van der Waals surface area (Å²) in [5, 5.41) is 10.4. The van der Waals surface area contributed by atoms with Crippen LogP contribution in [0.2, 0.25) is 0 Å². The summed E-state index contributed by atoms with van der Waals surface area (Å²) >= 11 is 0. The van der Waals surface area contributed by atoms with Crippen LogP contribution in [-0.4, -0.2) is 17.4 Å². The lowest BCUT2D eigenvalue weighted by Gasteiger charge is -2.20. The lowest BCUT2D eigenvalue weighted by Crippen LogP contribution is -2.13. The van der Waals surface area contributed by atoms with E-state index in [0.717, 1.165) is 48.7 Å². The van der Waals surface area contributed by atoms with Crippen LogP contribution in [0.1, 0.15) is 75.3 Å². The fraction of sp³-hybridized carbons (Fsp3) is 0.297. The molecule has 0 atom stereocenters. The number of anilines is 2. The van der Waals surface area contributed by atoms with Crippen molar-refractivity contribution in [3.8, 4) is 12.3 Å². The number of benzene rings is 2. The van der Waals surface area contributed by atoms with E-state index < -0.39 is 11.8 Å². The van der Waals surface area contributed by atoms with Crippen molar-refractivity contribution in [1.29, 1.82) is 0 Å². The topological polar surface area (TPSA) is 87.4 Å². The summed E-state index contributed by atoms with van der Waals surface area (Å²) in [4.78, 5) is 4.35. The number of nitrogens with two attached hydrogens (primary N) is 1. The van der Waals surface area contributed by atoms with Crippen molar-refractivity contribution in [3.63, 3.8) is 0 Å². The Bertz CT molecular complexity index is 1670. The number of alkyl halides is 4. The minimum absolute atomic E-state index is 0.157. The van der Waals surface area contributed by atoms with Gasteiger partial charge in [-0.05, 0) is 54.3 Å². The molecule has 0 amide bonds. The number of nitrogens with one attached hydrogen (secondary N) is 3. The third-order valence-electron chi connectivity index (χ3n) is 7.13. The van der Waals surface area contributed by atoms with Crippen molar-refractivity contribution in [1.82, 2.24) is 10.4 Å². The first-order valence-electron chi connectivity index (χ1n) is 15.3. The summed E-state index contributed by atoms with van der Waals surface area (Å²) in [6.07, 6.45) is 13.2. The highest BCUT2D eigenvalue weighted by Gasteiger charge is 2.27. The van der Waals surface area contributed by atoms with Crippen molar-refractivity contribution < 1.29 is 17.6 Å². The Morgan fingerprint density at radius 2 is 1.72 bits per heavy atom. The van der Waals surface area contributed by atoms with Gasteiger partial charge in [0.15, 0.2) is 0 Å². The molecule has 1 aliphatic rings. The van der Waals surface area contributed by atoms with Crippen molar-refractivity contribution in [2.75, 3.05) is 17.2 Å². The van der Waals surface area contributed by atoms with Gasteiger partial charge in [-0.15, -0.1) is 12.3 Å². The normalized spacial score (nSPS) is 14.5. The summed E-state index contributed by atoms with van der Waals surface area (Å²) in [7, 11) is 0. The highest BCUT2D eigenvalue weighted by Crippen LogP contribution is 2.34. The molecule has 1 aromatic heterocycles. The van der Waals surface area contributed by atoms with E-state index in [-0.39, 0.29) is 11.1 Å². The summed E-state index contributed by atoms with van der Waals surface area (Å²) in [5.41, 5.74) is 13.5. The third-order valence-corrected chi connectivity index (χ3v) is 7.13. The molecule has 5 N–H and O–H groups in total. The second-order valence-corrected chi connectivity index (χ2v) is 11.0. The summed E-state index contributed by atoms with van der Waals surface area (Å²) in [5.74, 6) is -2.87. The molecule has 6 nitrogen and oxygen atoms in total. The third kappa shape index (κ3) is 10.5. The molecule has 0 spiro atoms. The second-order valence-electron chi connectivity index (χ2n) is 11.0. The number of terminal acetylenes is 1. The van der Waals surface area contributed by atoms with Crippen molar-refractivity contribution in [2.24, 2.45) is 10.8 Å². The van der Waals surface area contributed by atoms with Gasteiger partial charge in [0, 0.05) is 66.7 Å². The quantitative estimate of drug-likeness (QED) is 0.123. The van der Waals surface area contributed by atoms with Gasteiger partial charge in [-0.3, -0.25) is 0 Å². The molecule has 0 fully saturated rings. The SMILES string of the molecule is C#CCC.C/C=C(\C=C1/CNN=C1N)c1ccc(CNc2ncc(C(C)(F)F)cc2/C(=C\CC)Nc2cccc(C(C)(F)F)c2)cc1. The van der Waals surface area contributed by atoms with Crippen LogP contribution in [0.4, 0.5) is 29.1 Å². The largest absolute Gasteiger partial charge is 0.382 e. The number of hydrazone groups is 1. The second kappa shape index (κ2) is 16.5. The number of aromatic nitrogens is 1. The Labute approximate surface area is 275 Å². The van der Waals surface area contributed by atoms with E-state index in [2.05, 4.69) is 32.1 Å². The molecule has 0 saturated heterocycles. The summed E-state index contributed by atoms with van der Waals surface area (Å²) < 4.78 is 56.7. The van der Waals surface area contributed by atoms with E-state index in [1.807, 2.05) is 63.3 Å². The molecule has 0 unspecified atom stereocenters. The van der Waals surface area contributed by atoms with Crippen LogP contribution in [0.3, 0.4) is 0 Å². The molecular formula is C37H42F4N6. The lowest BCUT2D eigenvalue weighted by molar-refractivity contribution is 0.0166. The summed E-state index contributed by atoms with van der Waals surface area (Å²) in [6, 6.07) is 15.2. The van der Waals surface area contributed by atoms with Gasteiger partial charge in [0.25, 0.3) is 11.8 Å².